The first kappa shape index (κ1) is 13.7. The topological polar surface area (TPSA) is 71.4 Å². The van der Waals surface area contributed by atoms with Crippen LogP contribution in [-0.2, 0) is 5.41 Å². The number of hydrogen-bond donors (Lipinski definition) is 1. The predicted octanol–water partition coefficient (Wildman–Crippen LogP) is 3.23. The van der Waals surface area contributed by atoms with Crippen LogP contribution in [0.5, 0.6) is 0 Å². The molecule has 1 heterocycles. The maximum Gasteiger partial charge on any atom is 0.335 e. The van der Waals surface area contributed by atoms with Crippen LogP contribution in [0.2, 0.25) is 0 Å². The van der Waals surface area contributed by atoms with Crippen LogP contribution in [0, 0.1) is 9.93 Å². The van der Waals surface area contributed by atoms with Crippen LogP contribution in [-0.4, -0.2) is 16.8 Å². The summed E-state index contributed by atoms with van der Waals surface area (Å²) in [6.45, 7) is 4.36. The maximum absolute atomic E-state index is 10.9. The molecule has 1 aliphatic heterocycles. The number of thioether (sulfide) groups is 1. The molecule has 1 N–H and O–H groups in total. The van der Waals surface area contributed by atoms with E-state index in [-0.39, 0.29) is 5.41 Å². The second kappa shape index (κ2) is 5.31. The Morgan fingerprint density at radius 3 is 2.59 bits per heavy atom. The Balaban J connectivity index is 0.000000686. The Morgan fingerprint density at radius 1 is 1.35 bits per heavy atom. The molecule has 0 aliphatic carbocycles. The summed E-state index contributed by atoms with van der Waals surface area (Å²) in [5.41, 5.74) is 1.68. The van der Waals surface area contributed by atoms with Gasteiger partial charge in [-0.05, 0) is 41.4 Å². The average molecular weight is 254 g/mol. The first-order chi connectivity index (χ1) is 8.00. The van der Waals surface area contributed by atoms with Gasteiger partial charge in [0.15, 0.2) is 0 Å². The molecule has 4 nitrogen and oxygen atoms in total. The highest BCUT2D eigenvalue weighted by atomic mass is 32.2. The molecule has 1 aliphatic rings. The lowest BCUT2D eigenvalue weighted by Gasteiger charge is -2.32. The van der Waals surface area contributed by atoms with Gasteiger partial charge in [-0.3, -0.25) is 0 Å². The predicted molar refractivity (Wildman–Crippen MR) is 68.5 cm³/mol. The standard InChI is InChI=1S/C12H14O2S.O2/c1-12(2)5-6-15-10-4-3-8(11(13)14)7-9(10)12;1-2/h3-4,7H,5-6H2,1-2H3,(H,13,14);. The zero-order valence-electron chi connectivity index (χ0n) is 9.73. The fourth-order valence-corrected chi connectivity index (χ4v) is 3.36. The molecule has 0 atom stereocenters. The Labute approximate surface area is 104 Å². The minimum Gasteiger partial charge on any atom is -0.478 e. The van der Waals surface area contributed by atoms with Gasteiger partial charge in [-0.25, -0.2) is 4.79 Å². The average Bonchev–Trinajstić information content (AvgIpc) is 2.31. The summed E-state index contributed by atoms with van der Waals surface area (Å²) in [5, 5.41) is 8.95. The molecule has 2 rings (SSSR count). The molecule has 1 aromatic rings. The zero-order valence-corrected chi connectivity index (χ0v) is 10.5. The van der Waals surface area contributed by atoms with E-state index in [4.69, 9.17) is 15.0 Å². The van der Waals surface area contributed by atoms with Crippen LogP contribution in [0.3, 0.4) is 0 Å². The van der Waals surface area contributed by atoms with Crippen LogP contribution >= 0.6 is 11.8 Å². The van der Waals surface area contributed by atoms with Crippen LogP contribution in [0.1, 0.15) is 36.2 Å². The second-order valence-corrected chi connectivity index (χ2v) is 5.64. The van der Waals surface area contributed by atoms with Gasteiger partial charge in [0.25, 0.3) is 0 Å². The molecule has 5 heteroatoms. The van der Waals surface area contributed by atoms with Gasteiger partial charge in [-0.15, -0.1) is 11.8 Å². The van der Waals surface area contributed by atoms with E-state index < -0.39 is 5.97 Å². The van der Waals surface area contributed by atoms with Crippen molar-refractivity contribution in [2.45, 2.75) is 30.6 Å². The highest BCUT2D eigenvalue weighted by Gasteiger charge is 2.28. The quantitative estimate of drug-likeness (QED) is 0.833. The summed E-state index contributed by atoms with van der Waals surface area (Å²) in [6, 6.07) is 5.45. The van der Waals surface area contributed by atoms with Gasteiger partial charge in [0.2, 0.25) is 0 Å². The monoisotopic (exact) mass is 254 g/mol. The number of hydrogen-bond acceptors (Lipinski definition) is 4. The fraction of sp³-hybridized carbons (Fsp3) is 0.417. The minimum absolute atomic E-state index is 0.103. The van der Waals surface area contributed by atoms with Crippen molar-refractivity contribution in [1.82, 2.24) is 0 Å². The molecule has 0 spiro atoms. The second-order valence-electron chi connectivity index (χ2n) is 4.50. The molecular weight excluding hydrogens is 240 g/mol. The Kier molecular flexibility index (Phi) is 4.28. The van der Waals surface area contributed by atoms with Crippen molar-refractivity contribution in [3.8, 4) is 0 Å². The summed E-state index contributed by atoms with van der Waals surface area (Å²) in [4.78, 5) is 26.1. The van der Waals surface area contributed by atoms with Crippen molar-refractivity contribution in [1.29, 1.82) is 0 Å². The maximum atomic E-state index is 10.9. The van der Waals surface area contributed by atoms with Gasteiger partial charge in [-0.1, -0.05) is 13.8 Å². The van der Waals surface area contributed by atoms with Gasteiger partial charge >= 0.3 is 5.97 Å². The summed E-state index contributed by atoms with van der Waals surface area (Å²) in [5.74, 6) is 0.274. The molecule has 17 heavy (non-hydrogen) atoms. The lowest BCUT2D eigenvalue weighted by Crippen LogP contribution is -2.23. The van der Waals surface area contributed by atoms with Gasteiger partial charge in [0.1, 0.15) is 0 Å². The van der Waals surface area contributed by atoms with Crippen molar-refractivity contribution in [3.63, 3.8) is 0 Å². The van der Waals surface area contributed by atoms with Gasteiger partial charge < -0.3 is 5.11 Å². The third-order valence-corrected chi connectivity index (χ3v) is 4.02. The Morgan fingerprint density at radius 2 is 2.00 bits per heavy atom. The molecule has 0 fully saturated rings. The van der Waals surface area contributed by atoms with Crippen molar-refractivity contribution in [2.24, 2.45) is 0 Å². The zero-order chi connectivity index (χ0) is 13.1. The lowest BCUT2D eigenvalue weighted by atomic mass is 9.81. The molecule has 0 unspecified atom stereocenters. The lowest BCUT2D eigenvalue weighted by molar-refractivity contribution is 0.0696. The van der Waals surface area contributed by atoms with Crippen LogP contribution in [0.15, 0.2) is 23.1 Å². The summed E-state index contributed by atoms with van der Waals surface area (Å²) < 4.78 is 0. The Hall–Kier alpha value is -1.36. The SMILES string of the molecule is CC1(C)CCSc2ccc(C(=O)O)cc21.O=O. The van der Waals surface area contributed by atoms with E-state index in [9.17, 15) is 4.79 Å². The molecule has 0 saturated carbocycles. The smallest absolute Gasteiger partial charge is 0.335 e. The van der Waals surface area contributed by atoms with Gasteiger partial charge in [0.05, 0.1) is 5.56 Å². The van der Waals surface area contributed by atoms with Crippen LogP contribution in [0.4, 0.5) is 0 Å². The number of benzene rings is 1. The number of aromatic carboxylic acids is 1. The minimum atomic E-state index is -0.843. The first-order valence-corrected chi connectivity index (χ1v) is 6.16. The largest absolute Gasteiger partial charge is 0.478 e. The molecule has 0 aromatic heterocycles. The third-order valence-electron chi connectivity index (χ3n) is 2.94. The van der Waals surface area contributed by atoms with E-state index >= 15 is 0 Å². The summed E-state index contributed by atoms with van der Waals surface area (Å²) >= 11 is 1.82. The van der Waals surface area contributed by atoms with Gasteiger partial charge in [-0.2, -0.15) is 0 Å². The molecule has 0 radical (unpaired) electrons. The normalized spacial score (nSPS) is 16.4. The Bertz CT molecular complexity index is 429. The highest BCUT2D eigenvalue weighted by Crippen LogP contribution is 2.41. The van der Waals surface area contributed by atoms with E-state index in [1.54, 1.807) is 6.07 Å². The van der Waals surface area contributed by atoms with Gasteiger partial charge in [0, 0.05) is 14.8 Å². The van der Waals surface area contributed by atoms with Crippen molar-refractivity contribution in [3.05, 3.63) is 39.3 Å². The van der Waals surface area contributed by atoms with Crippen LogP contribution < -0.4 is 0 Å². The molecule has 92 valence electrons. The molecule has 1 aromatic carbocycles. The molecular formula is C12H14O4S. The summed E-state index contributed by atoms with van der Waals surface area (Å²) in [6.07, 6.45) is 1.10. The number of carboxylic acids is 1. The number of carboxylic acid groups (broad SMARTS) is 1. The van der Waals surface area contributed by atoms with E-state index in [2.05, 4.69) is 13.8 Å². The van der Waals surface area contributed by atoms with Crippen LogP contribution in [0.25, 0.3) is 0 Å². The van der Waals surface area contributed by atoms with Crippen molar-refractivity contribution >= 4 is 17.7 Å². The van der Waals surface area contributed by atoms with E-state index in [1.165, 1.54) is 10.5 Å². The number of rotatable bonds is 1. The molecule has 0 bridgehead atoms. The fourth-order valence-electron chi connectivity index (χ4n) is 1.87. The molecule has 0 saturated heterocycles. The first-order valence-electron chi connectivity index (χ1n) is 5.18. The molecule has 0 amide bonds. The number of carbonyl (C=O) groups is 1. The highest BCUT2D eigenvalue weighted by molar-refractivity contribution is 7.99. The van der Waals surface area contributed by atoms with E-state index in [1.807, 2.05) is 23.9 Å². The van der Waals surface area contributed by atoms with E-state index in [0.717, 1.165) is 12.2 Å². The third kappa shape index (κ3) is 2.85. The van der Waals surface area contributed by atoms with E-state index in [0.29, 0.717) is 5.56 Å². The number of fused-ring (bicyclic) bond motifs is 1. The van der Waals surface area contributed by atoms with Crippen molar-refractivity contribution in [2.75, 3.05) is 5.75 Å². The van der Waals surface area contributed by atoms with Crippen molar-refractivity contribution < 1.29 is 9.90 Å². The summed E-state index contributed by atoms with van der Waals surface area (Å²) in [7, 11) is 0.